The number of amidine groups is 2. The van der Waals surface area contributed by atoms with Crippen LogP contribution in [0.2, 0.25) is 0 Å². The molecular weight excluding hydrogens is 186 g/mol. The first-order valence-corrected chi connectivity index (χ1v) is 5.39. The lowest BCUT2D eigenvalue weighted by Gasteiger charge is -2.34. The fourth-order valence-corrected chi connectivity index (χ4v) is 2.41. The van der Waals surface area contributed by atoms with Gasteiger partial charge in [0.2, 0.25) is 0 Å². The molecule has 5 heteroatoms. The van der Waals surface area contributed by atoms with Crippen LogP contribution in [0.25, 0.3) is 0 Å². The number of nitrogens with zero attached hydrogens (tertiary/aromatic N) is 2. The van der Waals surface area contributed by atoms with Gasteiger partial charge in [-0.2, -0.15) is 0 Å². The van der Waals surface area contributed by atoms with E-state index < -0.39 is 0 Å². The lowest BCUT2D eigenvalue weighted by atomic mass is 10.3. The highest BCUT2D eigenvalue weighted by atomic mass is 32.2. The maximum atomic E-state index is 7.40. The largest absolute Gasteiger partial charge is 0.377 e. The first-order valence-electron chi connectivity index (χ1n) is 4.40. The highest BCUT2D eigenvalue weighted by molar-refractivity contribution is 8.14. The zero-order chi connectivity index (χ0) is 9.26. The average molecular weight is 199 g/mol. The number of aliphatic imine (C=N–C) groups is 1. The van der Waals surface area contributed by atoms with Gasteiger partial charge in [0.25, 0.3) is 0 Å². The van der Waals surface area contributed by atoms with Crippen molar-refractivity contribution in [1.82, 2.24) is 4.90 Å². The summed E-state index contributed by atoms with van der Waals surface area (Å²) in [6, 6.07) is 0.394. The van der Waals surface area contributed by atoms with Gasteiger partial charge in [-0.05, 0) is 6.92 Å². The van der Waals surface area contributed by atoms with Gasteiger partial charge in [-0.3, -0.25) is 5.41 Å². The highest BCUT2D eigenvalue weighted by Crippen LogP contribution is 2.20. The topological polar surface area (TPSA) is 48.7 Å². The van der Waals surface area contributed by atoms with Crippen LogP contribution in [0.4, 0.5) is 0 Å². The molecule has 0 amide bonds. The monoisotopic (exact) mass is 199 g/mol. The Hall–Kier alpha value is -0.550. The third-order valence-electron chi connectivity index (χ3n) is 2.18. The summed E-state index contributed by atoms with van der Waals surface area (Å²) in [6.45, 7) is 4.58. The molecular formula is C8H13N3OS. The van der Waals surface area contributed by atoms with E-state index in [4.69, 9.17) is 10.1 Å². The molecule has 13 heavy (non-hydrogen) atoms. The second kappa shape index (κ2) is 3.67. The highest BCUT2D eigenvalue weighted by Gasteiger charge is 2.25. The maximum absolute atomic E-state index is 7.40. The molecule has 1 atom stereocenters. The van der Waals surface area contributed by atoms with E-state index in [1.54, 1.807) is 11.8 Å². The SMILES string of the molecule is CC1COCCN1C1=NC(=N)CS1. The summed E-state index contributed by atoms with van der Waals surface area (Å²) in [6.07, 6.45) is 0. The van der Waals surface area contributed by atoms with Gasteiger partial charge in [-0.1, -0.05) is 11.8 Å². The molecule has 1 unspecified atom stereocenters. The molecule has 0 saturated carbocycles. The van der Waals surface area contributed by atoms with Crippen molar-refractivity contribution in [3.8, 4) is 0 Å². The van der Waals surface area contributed by atoms with E-state index in [2.05, 4.69) is 16.8 Å². The van der Waals surface area contributed by atoms with Gasteiger partial charge in [-0.15, -0.1) is 0 Å². The molecule has 2 aliphatic heterocycles. The molecule has 0 spiro atoms. The van der Waals surface area contributed by atoms with Crippen LogP contribution in [-0.4, -0.2) is 47.5 Å². The Bertz CT molecular complexity index is 254. The molecule has 0 aromatic rings. The Labute approximate surface area is 81.9 Å². The lowest BCUT2D eigenvalue weighted by molar-refractivity contribution is 0.0348. The van der Waals surface area contributed by atoms with Crippen molar-refractivity contribution in [1.29, 1.82) is 5.41 Å². The molecule has 1 fully saturated rings. The van der Waals surface area contributed by atoms with Crippen molar-refractivity contribution >= 4 is 22.8 Å². The van der Waals surface area contributed by atoms with Crippen LogP contribution in [0.15, 0.2) is 4.99 Å². The smallest absolute Gasteiger partial charge is 0.166 e. The standard InChI is InChI=1S/C8H13N3OS/c1-6-4-12-3-2-11(6)8-10-7(9)5-13-8/h6,9H,2-5H2,1H3. The van der Waals surface area contributed by atoms with E-state index in [1.165, 1.54) is 0 Å². The lowest BCUT2D eigenvalue weighted by Crippen LogP contribution is -2.45. The normalized spacial score (nSPS) is 29.3. The maximum Gasteiger partial charge on any atom is 0.166 e. The predicted octanol–water partition coefficient (Wildman–Crippen LogP) is 0.787. The Morgan fingerprint density at radius 1 is 1.69 bits per heavy atom. The van der Waals surface area contributed by atoms with Gasteiger partial charge >= 0.3 is 0 Å². The Balaban J connectivity index is 2.06. The van der Waals surface area contributed by atoms with Crippen LogP contribution in [0.5, 0.6) is 0 Å². The predicted molar refractivity (Wildman–Crippen MR) is 54.6 cm³/mol. The summed E-state index contributed by atoms with van der Waals surface area (Å²) >= 11 is 1.66. The first kappa shape index (κ1) is 9.02. The number of rotatable bonds is 0. The Morgan fingerprint density at radius 3 is 3.15 bits per heavy atom. The van der Waals surface area contributed by atoms with Gasteiger partial charge in [0.05, 0.1) is 25.0 Å². The summed E-state index contributed by atoms with van der Waals surface area (Å²) in [4.78, 5) is 6.43. The molecule has 0 aromatic heterocycles. The molecule has 2 heterocycles. The van der Waals surface area contributed by atoms with E-state index in [-0.39, 0.29) is 0 Å². The molecule has 0 aromatic carbocycles. The van der Waals surface area contributed by atoms with Crippen LogP contribution in [0.3, 0.4) is 0 Å². The number of hydrogen-bond acceptors (Lipinski definition) is 4. The van der Waals surface area contributed by atoms with Crippen molar-refractivity contribution < 1.29 is 4.74 Å². The van der Waals surface area contributed by atoms with Crippen LogP contribution >= 0.6 is 11.8 Å². The van der Waals surface area contributed by atoms with Gasteiger partial charge in [-0.25, -0.2) is 4.99 Å². The van der Waals surface area contributed by atoms with Crippen molar-refractivity contribution in [2.75, 3.05) is 25.5 Å². The molecule has 0 aliphatic carbocycles. The van der Waals surface area contributed by atoms with E-state index in [0.717, 1.165) is 30.7 Å². The molecule has 0 bridgehead atoms. The summed E-state index contributed by atoms with van der Waals surface area (Å²) < 4.78 is 5.34. The summed E-state index contributed by atoms with van der Waals surface area (Å²) in [5.41, 5.74) is 0. The molecule has 1 saturated heterocycles. The molecule has 0 radical (unpaired) electrons. The zero-order valence-corrected chi connectivity index (χ0v) is 8.43. The number of nitrogens with one attached hydrogen (secondary N) is 1. The first-order chi connectivity index (χ1) is 6.27. The molecule has 72 valence electrons. The van der Waals surface area contributed by atoms with Crippen LogP contribution in [0, 0.1) is 5.41 Å². The summed E-state index contributed by atoms with van der Waals surface area (Å²) in [5.74, 6) is 1.21. The quantitative estimate of drug-likeness (QED) is 0.627. The molecule has 1 N–H and O–H groups in total. The van der Waals surface area contributed by atoms with Crippen LogP contribution < -0.4 is 0 Å². The fraction of sp³-hybridized carbons (Fsp3) is 0.750. The van der Waals surface area contributed by atoms with Crippen LogP contribution in [0.1, 0.15) is 6.92 Å². The average Bonchev–Trinajstić information content (AvgIpc) is 2.53. The second-order valence-corrected chi connectivity index (χ2v) is 4.19. The minimum atomic E-state index is 0.394. The third-order valence-corrected chi connectivity index (χ3v) is 3.18. The molecule has 4 nitrogen and oxygen atoms in total. The van der Waals surface area contributed by atoms with Crippen molar-refractivity contribution in [2.24, 2.45) is 4.99 Å². The van der Waals surface area contributed by atoms with Crippen molar-refractivity contribution in [3.63, 3.8) is 0 Å². The van der Waals surface area contributed by atoms with E-state index in [9.17, 15) is 0 Å². The fourth-order valence-electron chi connectivity index (χ4n) is 1.47. The van der Waals surface area contributed by atoms with Crippen molar-refractivity contribution in [2.45, 2.75) is 13.0 Å². The summed E-state index contributed by atoms with van der Waals surface area (Å²) in [7, 11) is 0. The Morgan fingerprint density at radius 2 is 2.54 bits per heavy atom. The van der Waals surface area contributed by atoms with Gasteiger partial charge in [0, 0.05) is 6.54 Å². The van der Waals surface area contributed by atoms with E-state index in [1.807, 2.05) is 0 Å². The van der Waals surface area contributed by atoms with Crippen molar-refractivity contribution in [3.05, 3.63) is 0 Å². The zero-order valence-electron chi connectivity index (χ0n) is 7.62. The van der Waals surface area contributed by atoms with Gasteiger partial charge < -0.3 is 9.64 Å². The minimum absolute atomic E-state index is 0.394. The van der Waals surface area contributed by atoms with Crippen LogP contribution in [-0.2, 0) is 4.74 Å². The number of ether oxygens (including phenoxy) is 1. The number of hydrogen-bond donors (Lipinski definition) is 1. The van der Waals surface area contributed by atoms with Gasteiger partial charge in [0.15, 0.2) is 5.17 Å². The molecule has 2 rings (SSSR count). The van der Waals surface area contributed by atoms with E-state index in [0.29, 0.717) is 11.9 Å². The van der Waals surface area contributed by atoms with Gasteiger partial charge in [0.1, 0.15) is 5.84 Å². The number of morpholine rings is 1. The Kier molecular flexibility index (Phi) is 2.55. The second-order valence-electron chi connectivity index (χ2n) is 3.25. The minimum Gasteiger partial charge on any atom is -0.377 e. The number of thioether (sulfide) groups is 1. The third kappa shape index (κ3) is 1.86. The van der Waals surface area contributed by atoms with E-state index >= 15 is 0 Å². The molecule has 2 aliphatic rings. The summed E-state index contributed by atoms with van der Waals surface area (Å²) in [5, 5.41) is 8.40.